The van der Waals surface area contributed by atoms with Crippen molar-refractivity contribution in [2.75, 3.05) is 19.5 Å². The first-order valence-electron chi connectivity index (χ1n) is 8.15. The van der Waals surface area contributed by atoms with Gasteiger partial charge in [-0.25, -0.2) is 0 Å². The summed E-state index contributed by atoms with van der Waals surface area (Å²) in [6.45, 7) is 0. The molecular formula is C21H18ClNO4. The third-order valence-corrected chi connectivity index (χ3v) is 4.03. The number of rotatable bonds is 6. The molecule has 0 fully saturated rings. The van der Waals surface area contributed by atoms with Gasteiger partial charge in [-0.3, -0.25) is 4.79 Å². The number of carbonyl (C=O) groups is 1. The summed E-state index contributed by atoms with van der Waals surface area (Å²) in [5, 5.41) is 3.48. The van der Waals surface area contributed by atoms with E-state index in [0.29, 0.717) is 39.3 Å². The van der Waals surface area contributed by atoms with Crippen LogP contribution in [0.2, 0.25) is 5.02 Å². The Kier molecular flexibility index (Phi) is 5.84. The van der Waals surface area contributed by atoms with Crippen LogP contribution in [0.4, 0.5) is 5.69 Å². The summed E-state index contributed by atoms with van der Waals surface area (Å²) in [4.78, 5) is 12.5. The standard InChI is InChI=1S/C21H18ClNO4/c1-25-19-11-14(12-20(13-19)26-2)21(24)23-16-5-9-18(10-6-16)27-17-7-3-15(22)4-8-17/h3-13H,1-2H3,(H,23,24). The van der Waals surface area contributed by atoms with E-state index in [2.05, 4.69) is 5.32 Å². The van der Waals surface area contributed by atoms with E-state index in [1.54, 1.807) is 66.7 Å². The molecular weight excluding hydrogens is 366 g/mol. The lowest BCUT2D eigenvalue weighted by atomic mass is 10.1. The maximum absolute atomic E-state index is 12.5. The third-order valence-electron chi connectivity index (χ3n) is 3.78. The number of anilines is 1. The lowest BCUT2D eigenvalue weighted by molar-refractivity contribution is 0.102. The highest BCUT2D eigenvalue weighted by molar-refractivity contribution is 6.30. The first-order chi connectivity index (χ1) is 13.1. The van der Waals surface area contributed by atoms with Crippen molar-refractivity contribution in [3.8, 4) is 23.0 Å². The molecule has 0 heterocycles. The van der Waals surface area contributed by atoms with Gasteiger partial charge in [0.15, 0.2) is 0 Å². The van der Waals surface area contributed by atoms with E-state index in [0.717, 1.165) is 0 Å². The number of hydrogen-bond acceptors (Lipinski definition) is 4. The van der Waals surface area contributed by atoms with Crippen LogP contribution in [0, 0.1) is 0 Å². The van der Waals surface area contributed by atoms with Crippen LogP contribution in [0.15, 0.2) is 66.7 Å². The summed E-state index contributed by atoms with van der Waals surface area (Å²) < 4.78 is 16.1. The van der Waals surface area contributed by atoms with Gasteiger partial charge in [-0.05, 0) is 60.7 Å². The maximum Gasteiger partial charge on any atom is 0.255 e. The minimum Gasteiger partial charge on any atom is -0.497 e. The molecule has 1 N–H and O–H groups in total. The number of benzene rings is 3. The Morgan fingerprint density at radius 3 is 1.81 bits per heavy atom. The van der Waals surface area contributed by atoms with Gasteiger partial charge >= 0.3 is 0 Å². The molecule has 0 radical (unpaired) electrons. The Morgan fingerprint density at radius 1 is 0.778 bits per heavy atom. The molecule has 0 atom stereocenters. The molecule has 27 heavy (non-hydrogen) atoms. The molecule has 0 saturated carbocycles. The summed E-state index contributed by atoms with van der Waals surface area (Å²) in [6, 6.07) is 19.2. The molecule has 3 aromatic carbocycles. The fraction of sp³-hybridized carbons (Fsp3) is 0.0952. The molecule has 0 unspecified atom stereocenters. The first-order valence-corrected chi connectivity index (χ1v) is 8.53. The van der Waals surface area contributed by atoms with E-state index in [4.69, 9.17) is 25.8 Å². The number of methoxy groups -OCH3 is 2. The van der Waals surface area contributed by atoms with Crippen LogP contribution >= 0.6 is 11.6 Å². The fourth-order valence-electron chi connectivity index (χ4n) is 2.39. The second kappa shape index (κ2) is 8.47. The molecule has 0 bridgehead atoms. The molecule has 5 nitrogen and oxygen atoms in total. The molecule has 0 aliphatic carbocycles. The molecule has 138 valence electrons. The fourth-order valence-corrected chi connectivity index (χ4v) is 2.51. The number of carbonyl (C=O) groups excluding carboxylic acids is 1. The van der Waals surface area contributed by atoms with Crippen molar-refractivity contribution in [2.24, 2.45) is 0 Å². The van der Waals surface area contributed by atoms with Crippen molar-refractivity contribution in [1.82, 2.24) is 0 Å². The van der Waals surface area contributed by atoms with Crippen LogP contribution < -0.4 is 19.5 Å². The van der Waals surface area contributed by atoms with E-state index in [9.17, 15) is 4.79 Å². The molecule has 0 aliphatic rings. The SMILES string of the molecule is COc1cc(OC)cc(C(=O)Nc2ccc(Oc3ccc(Cl)cc3)cc2)c1. The van der Waals surface area contributed by atoms with Gasteiger partial charge in [0.25, 0.3) is 5.91 Å². The number of amides is 1. The molecule has 6 heteroatoms. The van der Waals surface area contributed by atoms with E-state index in [-0.39, 0.29) is 5.91 Å². The second-order valence-corrected chi connectivity index (χ2v) is 6.07. The summed E-state index contributed by atoms with van der Waals surface area (Å²) in [6.07, 6.45) is 0. The van der Waals surface area contributed by atoms with Crippen molar-refractivity contribution in [3.05, 3.63) is 77.3 Å². The van der Waals surface area contributed by atoms with Crippen molar-refractivity contribution in [3.63, 3.8) is 0 Å². The van der Waals surface area contributed by atoms with Gasteiger partial charge in [0.2, 0.25) is 0 Å². The topological polar surface area (TPSA) is 56.8 Å². The highest BCUT2D eigenvalue weighted by atomic mass is 35.5. The van der Waals surface area contributed by atoms with Gasteiger partial charge in [0, 0.05) is 22.3 Å². The predicted octanol–water partition coefficient (Wildman–Crippen LogP) is 5.40. The zero-order valence-electron chi connectivity index (χ0n) is 14.9. The minimum atomic E-state index is -0.265. The van der Waals surface area contributed by atoms with Crippen molar-refractivity contribution >= 4 is 23.2 Å². The predicted molar refractivity (Wildman–Crippen MR) is 105 cm³/mol. The van der Waals surface area contributed by atoms with Gasteiger partial charge < -0.3 is 19.5 Å². The highest BCUT2D eigenvalue weighted by Crippen LogP contribution is 2.26. The minimum absolute atomic E-state index is 0.265. The Morgan fingerprint density at radius 2 is 1.30 bits per heavy atom. The summed E-state index contributed by atoms with van der Waals surface area (Å²) in [7, 11) is 3.08. The number of nitrogens with one attached hydrogen (secondary N) is 1. The van der Waals surface area contributed by atoms with Crippen LogP contribution in [-0.4, -0.2) is 20.1 Å². The normalized spacial score (nSPS) is 10.2. The Bertz CT molecular complexity index is 902. The van der Waals surface area contributed by atoms with Crippen LogP contribution in [0.5, 0.6) is 23.0 Å². The first kappa shape index (κ1) is 18.6. The average molecular weight is 384 g/mol. The van der Waals surface area contributed by atoms with Gasteiger partial charge in [-0.2, -0.15) is 0 Å². The molecule has 0 saturated heterocycles. The lowest BCUT2D eigenvalue weighted by Gasteiger charge is -2.10. The highest BCUT2D eigenvalue weighted by Gasteiger charge is 2.10. The quantitative estimate of drug-likeness (QED) is 0.619. The van der Waals surface area contributed by atoms with E-state index in [1.165, 1.54) is 14.2 Å². The van der Waals surface area contributed by atoms with Crippen LogP contribution in [-0.2, 0) is 0 Å². The molecule has 3 rings (SSSR count). The molecule has 0 spiro atoms. The molecule has 3 aromatic rings. The third kappa shape index (κ3) is 4.92. The number of halogens is 1. The van der Waals surface area contributed by atoms with Gasteiger partial charge in [-0.1, -0.05) is 11.6 Å². The van der Waals surface area contributed by atoms with Crippen molar-refractivity contribution < 1.29 is 19.0 Å². The van der Waals surface area contributed by atoms with Crippen LogP contribution in [0.1, 0.15) is 10.4 Å². The summed E-state index contributed by atoms with van der Waals surface area (Å²) >= 11 is 5.86. The Labute approximate surface area is 162 Å². The monoisotopic (exact) mass is 383 g/mol. The van der Waals surface area contributed by atoms with Crippen molar-refractivity contribution in [2.45, 2.75) is 0 Å². The second-order valence-electron chi connectivity index (χ2n) is 5.64. The van der Waals surface area contributed by atoms with Gasteiger partial charge in [0.1, 0.15) is 23.0 Å². The van der Waals surface area contributed by atoms with Gasteiger partial charge in [0.05, 0.1) is 14.2 Å². The number of ether oxygens (including phenoxy) is 3. The maximum atomic E-state index is 12.5. The summed E-state index contributed by atoms with van der Waals surface area (Å²) in [5.41, 5.74) is 1.08. The smallest absolute Gasteiger partial charge is 0.255 e. The molecule has 1 amide bonds. The van der Waals surface area contributed by atoms with Crippen molar-refractivity contribution in [1.29, 1.82) is 0 Å². The number of hydrogen-bond donors (Lipinski definition) is 1. The van der Waals surface area contributed by atoms with Crippen LogP contribution in [0.25, 0.3) is 0 Å². The summed E-state index contributed by atoms with van der Waals surface area (Å²) in [5.74, 6) is 2.16. The van der Waals surface area contributed by atoms with E-state index >= 15 is 0 Å². The Balaban J connectivity index is 1.69. The zero-order chi connectivity index (χ0) is 19.2. The van der Waals surface area contributed by atoms with E-state index < -0.39 is 0 Å². The zero-order valence-corrected chi connectivity index (χ0v) is 15.6. The Hall–Kier alpha value is -3.18. The lowest BCUT2D eigenvalue weighted by Crippen LogP contribution is -2.12. The largest absolute Gasteiger partial charge is 0.497 e. The van der Waals surface area contributed by atoms with E-state index in [1.807, 2.05) is 0 Å². The van der Waals surface area contributed by atoms with Gasteiger partial charge in [-0.15, -0.1) is 0 Å². The molecule has 0 aliphatic heterocycles. The molecule has 0 aromatic heterocycles. The van der Waals surface area contributed by atoms with Crippen LogP contribution in [0.3, 0.4) is 0 Å². The average Bonchev–Trinajstić information content (AvgIpc) is 2.70.